The zero-order valence-corrected chi connectivity index (χ0v) is 17.3. The van der Waals surface area contributed by atoms with E-state index in [1.807, 2.05) is 30.6 Å². The first kappa shape index (κ1) is 19.9. The highest BCUT2D eigenvalue weighted by Crippen LogP contribution is 2.31. The largest absolute Gasteiger partial charge is 0.380 e. The smallest absolute Gasteiger partial charge is 0.0668 e. The summed E-state index contributed by atoms with van der Waals surface area (Å²) in [4.78, 5) is 8.99. The molecule has 0 aliphatic heterocycles. The second kappa shape index (κ2) is 9.38. The summed E-state index contributed by atoms with van der Waals surface area (Å²) >= 11 is 6.49. The topological polar surface area (TPSA) is 63.8 Å². The van der Waals surface area contributed by atoms with Crippen molar-refractivity contribution in [2.75, 3.05) is 5.32 Å². The molecule has 2 heterocycles. The molecule has 0 unspecified atom stereocenters. The van der Waals surface area contributed by atoms with Crippen LogP contribution >= 0.6 is 11.6 Å². The minimum atomic E-state index is 0.372. The van der Waals surface area contributed by atoms with Crippen LogP contribution in [-0.2, 0) is 13.0 Å². The highest BCUT2D eigenvalue weighted by Gasteiger charge is 2.19. The van der Waals surface area contributed by atoms with Gasteiger partial charge in [0.25, 0.3) is 0 Å². The van der Waals surface area contributed by atoms with Gasteiger partial charge < -0.3 is 11.1 Å². The maximum Gasteiger partial charge on any atom is 0.0668 e. The Morgan fingerprint density at radius 2 is 1.79 bits per heavy atom. The van der Waals surface area contributed by atoms with Gasteiger partial charge >= 0.3 is 0 Å². The molecular formula is C24H27ClN4. The Labute approximate surface area is 177 Å². The molecule has 0 bridgehead atoms. The number of aromatic nitrogens is 2. The van der Waals surface area contributed by atoms with Gasteiger partial charge in [0.2, 0.25) is 0 Å². The lowest BCUT2D eigenvalue weighted by Crippen LogP contribution is -2.27. The number of halogens is 1. The summed E-state index contributed by atoms with van der Waals surface area (Å²) in [6.07, 6.45) is 11.0. The number of hydrogen-bond acceptors (Lipinski definition) is 4. The second-order valence-electron chi connectivity index (χ2n) is 7.94. The van der Waals surface area contributed by atoms with Crippen molar-refractivity contribution in [3.63, 3.8) is 0 Å². The Morgan fingerprint density at radius 3 is 2.59 bits per heavy atom. The predicted molar refractivity (Wildman–Crippen MR) is 120 cm³/mol. The van der Waals surface area contributed by atoms with Crippen LogP contribution in [0.3, 0.4) is 0 Å². The normalized spacial score (nSPS) is 19.1. The molecule has 0 saturated heterocycles. The number of nitrogens with two attached hydrogens (primary N) is 1. The Kier molecular flexibility index (Phi) is 6.43. The molecule has 1 fully saturated rings. The van der Waals surface area contributed by atoms with E-state index < -0.39 is 0 Å². The molecule has 1 aromatic carbocycles. The zero-order valence-electron chi connectivity index (χ0n) is 16.5. The van der Waals surface area contributed by atoms with Gasteiger partial charge in [0.05, 0.1) is 10.7 Å². The lowest BCUT2D eigenvalue weighted by molar-refractivity contribution is 0.323. The molecule has 2 aromatic heterocycles. The van der Waals surface area contributed by atoms with Crippen molar-refractivity contribution in [3.05, 3.63) is 77.3 Å². The van der Waals surface area contributed by atoms with Crippen LogP contribution in [0.2, 0.25) is 5.02 Å². The fourth-order valence-electron chi connectivity index (χ4n) is 3.99. The van der Waals surface area contributed by atoms with Crippen molar-refractivity contribution in [1.29, 1.82) is 0 Å². The van der Waals surface area contributed by atoms with E-state index in [2.05, 4.69) is 39.6 Å². The van der Waals surface area contributed by atoms with Crippen LogP contribution in [0.4, 0.5) is 5.69 Å². The predicted octanol–water partition coefficient (Wildman–Crippen LogP) is 5.47. The highest BCUT2D eigenvalue weighted by molar-refractivity contribution is 6.33. The number of pyridine rings is 2. The van der Waals surface area contributed by atoms with E-state index in [0.717, 1.165) is 48.3 Å². The highest BCUT2D eigenvalue weighted by atomic mass is 35.5. The van der Waals surface area contributed by atoms with Crippen LogP contribution in [-0.4, -0.2) is 16.0 Å². The number of nitrogens with one attached hydrogen (secondary N) is 1. The molecule has 0 amide bonds. The van der Waals surface area contributed by atoms with Crippen molar-refractivity contribution >= 4 is 17.3 Å². The molecule has 3 N–H and O–H groups in total. The first-order chi connectivity index (χ1) is 14.2. The average Bonchev–Trinajstić information content (AvgIpc) is 2.76. The van der Waals surface area contributed by atoms with Gasteiger partial charge in [-0.25, -0.2) is 0 Å². The minimum Gasteiger partial charge on any atom is -0.380 e. The van der Waals surface area contributed by atoms with Crippen molar-refractivity contribution < 1.29 is 0 Å². The van der Waals surface area contributed by atoms with E-state index in [9.17, 15) is 0 Å². The Hall–Kier alpha value is -2.43. The second-order valence-corrected chi connectivity index (χ2v) is 8.35. The summed E-state index contributed by atoms with van der Waals surface area (Å²) < 4.78 is 0. The van der Waals surface area contributed by atoms with Gasteiger partial charge in [-0.2, -0.15) is 0 Å². The van der Waals surface area contributed by atoms with Crippen molar-refractivity contribution in [2.45, 2.75) is 44.7 Å². The molecule has 150 valence electrons. The van der Waals surface area contributed by atoms with Gasteiger partial charge in [0.15, 0.2) is 0 Å². The summed E-state index contributed by atoms with van der Waals surface area (Å²) in [6.45, 7) is 0.755. The van der Waals surface area contributed by atoms with E-state index in [4.69, 9.17) is 17.3 Å². The molecule has 1 saturated carbocycles. The SMILES string of the molecule is NC1CCC(Cc2cc(-c3cncc(NCc4ccccc4)c3)c(Cl)cn2)CC1. The summed E-state index contributed by atoms with van der Waals surface area (Å²) in [5.41, 5.74) is 11.3. The number of hydrogen-bond donors (Lipinski definition) is 2. The maximum atomic E-state index is 6.49. The molecule has 1 aliphatic carbocycles. The van der Waals surface area contributed by atoms with Crippen LogP contribution in [0.5, 0.6) is 0 Å². The molecule has 29 heavy (non-hydrogen) atoms. The Morgan fingerprint density at radius 1 is 1.00 bits per heavy atom. The minimum absolute atomic E-state index is 0.372. The molecule has 0 radical (unpaired) electrons. The van der Waals surface area contributed by atoms with Gasteiger partial charge in [0, 0.05) is 48.0 Å². The van der Waals surface area contributed by atoms with Gasteiger partial charge in [0.1, 0.15) is 0 Å². The lowest BCUT2D eigenvalue weighted by atomic mass is 9.83. The van der Waals surface area contributed by atoms with Crippen LogP contribution in [0, 0.1) is 5.92 Å². The molecule has 0 atom stereocenters. The Bertz CT molecular complexity index is 937. The quantitative estimate of drug-likeness (QED) is 0.569. The summed E-state index contributed by atoms with van der Waals surface area (Å²) in [5, 5.41) is 4.10. The zero-order chi connectivity index (χ0) is 20.1. The van der Waals surface area contributed by atoms with Crippen molar-refractivity contribution in [3.8, 4) is 11.1 Å². The third-order valence-electron chi connectivity index (χ3n) is 5.69. The monoisotopic (exact) mass is 406 g/mol. The number of nitrogens with zero attached hydrogens (tertiary/aromatic N) is 2. The molecule has 4 rings (SSSR count). The van der Waals surface area contributed by atoms with Crippen molar-refractivity contribution in [2.24, 2.45) is 11.7 Å². The van der Waals surface area contributed by atoms with Crippen LogP contribution in [0.1, 0.15) is 36.9 Å². The first-order valence-electron chi connectivity index (χ1n) is 10.3. The molecule has 4 nitrogen and oxygen atoms in total. The lowest BCUT2D eigenvalue weighted by Gasteiger charge is -2.25. The molecular weight excluding hydrogens is 380 g/mol. The summed E-state index contributed by atoms with van der Waals surface area (Å²) in [7, 11) is 0. The van der Waals surface area contributed by atoms with Crippen LogP contribution in [0.15, 0.2) is 61.1 Å². The number of anilines is 1. The van der Waals surface area contributed by atoms with Gasteiger partial charge in [-0.05, 0) is 55.7 Å². The maximum absolute atomic E-state index is 6.49. The third-order valence-corrected chi connectivity index (χ3v) is 5.99. The van der Waals surface area contributed by atoms with E-state index in [-0.39, 0.29) is 0 Å². The van der Waals surface area contributed by atoms with Gasteiger partial charge in [-0.15, -0.1) is 0 Å². The van der Waals surface area contributed by atoms with E-state index >= 15 is 0 Å². The van der Waals surface area contributed by atoms with Crippen molar-refractivity contribution in [1.82, 2.24) is 9.97 Å². The fourth-order valence-corrected chi connectivity index (χ4v) is 4.20. The van der Waals surface area contributed by atoms with E-state index in [1.165, 1.54) is 18.4 Å². The summed E-state index contributed by atoms with van der Waals surface area (Å²) in [6, 6.07) is 14.9. The van der Waals surface area contributed by atoms with E-state index in [0.29, 0.717) is 17.0 Å². The standard InChI is InChI=1S/C24H27ClN4/c25-24-16-29-21(10-17-6-8-20(26)9-7-17)12-23(24)19-11-22(15-27-14-19)28-13-18-4-2-1-3-5-18/h1-5,11-12,14-17,20,28H,6-10,13,26H2. The van der Waals surface area contributed by atoms with Crippen LogP contribution in [0.25, 0.3) is 11.1 Å². The number of benzene rings is 1. The summed E-state index contributed by atoms with van der Waals surface area (Å²) in [5.74, 6) is 0.660. The average molecular weight is 407 g/mol. The van der Waals surface area contributed by atoms with Gasteiger partial charge in [-0.3, -0.25) is 9.97 Å². The fraction of sp³-hybridized carbons (Fsp3) is 0.333. The number of rotatable bonds is 6. The molecule has 1 aliphatic rings. The Balaban J connectivity index is 1.48. The molecule has 3 aromatic rings. The first-order valence-corrected chi connectivity index (χ1v) is 10.7. The van der Waals surface area contributed by atoms with E-state index in [1.54, 1.807) is 6.20 Å². The third kappa shape index (κ3) is 5.34. The van der Waals surface area contributed by atoms with Gasteiger partial charge in [-0.1, -0.05) is 41.9 Å². The molecule has 5 heteroatoms. The molecule has 0 spiro atoms. The van der Waals surface area contributed by atoms with Crippen LogP contribution < -0.4 is 11.1 Å².